The van der Waals surface area contributed by atoms with Gasteiger partial charge in [-0.05, 0) is 29.8 Å². The van der Waals surface area contributed by atoms with Crippen molar-refractivity contribution in [3.05, 3.63) is 66.2 Å². The zero-order chi connectivity index (χ0) is 16.4. The maximum atomic E-state index is 12.2. The fourth-order valence-electron chi connectivity index (χ4n) is 2.20. The van der Waals surface area contributed by atoms with E-state index >= 15 is 0 Å². The van der Waals surface area contributed by atoms with Crippen LogP contribution >= 0.6 is 0 Å². The average Bonchev–Trinajstić information content (AvgIpc) is 2.99. The van der Waals surface area contributed by atoms with Gasteiger partial charge in [-0.2, -0.15) is 0 Å². The first-order chi connectivity index (χ1) is 10.9. The number of carbonyl (C=O) groups is 1. The highest BCUT2D eigenvalue weighted by Gasteiger charge is 2.08. The third-order valence-electron chi connectivity index (χ3n) is 3.48. The van der Waals surface area contributed by atoms with Crippen molar-refractivity contribution in [3.8, 4) is 0 Å². The molecular formula is C16H15N3O3S. The summed E-state index contributed by atoms with van der Waals surface area (Å²) in [6.45, 7) is 0.327. The van der Waals surface area contributed by atoms with Crippen LogP contribution in [0.15, 0.2) is 60.0 Å². The first-order valence-corrected chi connectivity index (χ1v) is 8.81. The number of fused-ring (bicyclic) bond motifs is 1. The maximum Gasteiger partial charge on any atom is 0.251 e. The molecule has 118 valence electrons. The second-order valence-electron chi connectivity index (χ2n) is 5.24. The third-order valence-corrected chi connectivity index (χ3v) is 4.61. The Morgan fingerprint density at radius 3 is 2.65 bits per heavy atom. The number of hydrogen-bond acceptors (Lipinski definition) is 4. The standard InChI is InChI=1S/C16H15N3O3S/c1-23(21,22)15-4-2-12(3-5-15)9-18-16(20)13-6-7-19-11-17-10-14(19)8-13/h2-8,10-11H,9H2,1H3,(H,18,20). The van der Waals surface area contributed by atoms with Crippen LogP contribution in [0.1, 0.15) is 15.9 Å². The smallest absolute Gasteiger partial charge is 0.251 e. The largest absolute Gasteiger partial charge is 0.348 e. The summed E-state index contributed by atoms with van der Waals surface area (Å²) in [6.07, 6.45) is 6.29. The van der Waals surface area contributed by atoms with Crippen LogP contribution < -0.4 is 5.32 Å². The van der Waals surface area contributed by atoms with E-state index in [0.717, 1.165) is 17.3 Å². The van der Waals surface area contributed by atoms with E-state index < -0.39 is 9.84 Å². The highest BCUT2D eigenvalue weighted by atomic mass is 32.2. The minimum Gasteiger partial charge on any atom is -0.348 e. The van der Waals surface area contributed by atoms with E-state index in [-0.39, 0.29) is 10.8 Å². The van der Waals surface area contributed by atoms with Gasteiger partial charge in [0.15, 0.2) is 9.84 Å². The van der Waals surface area contributed by atoms with Crippen LogP contribution in [-0.4, -0.2) is 30.0 Å². The quantitative estimate of drug-likeness (QED) is 0.789. The number of carbonyl (C=O) groups excluding carboxylic acids is 1. The maximum absolute atomic E-state index is 12.2. The van der Waals surface area contributed by atoms with Crippen molar-refractivity contribution in [1.82, 2.24) is 14.7 Å². The Balaban J connectivity index is 1.68. The second kappa shape index (κ2) is 5.85. The molecule has 2 heterocycles. The van der Waals surface area contributed by atoms with E-state index in [0.29, 0.717) is 12.1 Å². The van der Waals surface area contributed by atoms with Crippen LogP contribution in [0.2, 0.25) is 0 Å². The van der Waals surface area contributed by atoms with E-state index in [4.69, 9.17) is 0 Å². The van der Waals surface area contributed by atoms with E-state index in [1.165, 1.54) is 12.1 Å². The van der Waals surface area contributed by atoms with Crippen LogP contribution in [-0.2, 0) is 16.4 Å². The highest BCUT2D eigenvalue weighted by molar-refractivity contribution is 7.90. The highest BCUT2D eigenvalue weighted by Crippen LogP contribution is 2.11. The fourth-order valence-corrected chi connectivity index (χ4v) is 2.83. The molecule has 0 spiro atoms. The topological polar surface area (TPSA) is 80.5 Å². The Morgan fingerprint density at radius 2 is 1.96 bits per heavy atom. The van der Waals surface area contributed by atoms with Crippen molar-refractivity contribution in [2.45, 2.75) is 11.4 Å². The van der Waals surface area contributed by atoms with E-state index in [2.05, 4.69) is 10.3 Å². The van der Waals surface area contributed by atoms with Gasteiger partial charge in [0.05, 0.1) is 22.9 Å². The lowest BCUT2D eigenvalue weighted by atomic mass is 10.2. The molecule has 0 aliphatic rings. The van der Waals surface area contributed by atoms with Gasteiger partial charge in [-0.15, -0.1) is 0 Å². The Labute approximate surface area is 133 Å². The van der Waals surface area contributed by atoms with Gasteiger partial charge in [0.1, 0.15) is 0 Å². The molecule has 23 heavy (non-hydrogen) atoms. The Kier molecular flexibility index (Phi) is 3.87. The summed E-state index contributed by atoms with van der Waals surface area (Å²) in [5, 5.41) is 2.81. The van der Waals surface area contributed by atoms with Crippen LogP contribution in [0.5, 0.6) is 0 Å². The van der Waals surface area contributed by atoms with Gasteiger partial charge >= 0.3 is 0 Å². The number of nitrogens with zero attached hydrogens (tertiary/aromatic N) is 2. The molecule has 0 saturated carbocycles. The molecule has 0 atom stereocenters. The normalized spacial score (nSPS) is 11.5. The number of hydrogen-bond donors (Lipinski definition) is 1. The van der Waals surface area contributed by atoms with Gasteiger partial charge in [0.25, 0.3) is 5.91 Å². The molecule has 1 aromatic carbocycles. The molecular weight excluding hydrogens is 314 g/mol. The Hall–Kier alpha value is -2.67. The summed E-state index contributed by atoms with van der Waals surface area (Å²) in [7, 11) is -3.20. The van der Waals surface area contributed by atoms with Crippen molar-refractivity contribution in [3.63, 3.8) is 0 Å². The molecule has 0 fully saturated rings. The summed E-state index contributed by atoms with van der Waals surface area (Å²) in [5.74, 6) is -0.194. The first kappa shape index (κ1) is 15.2. The first-order valence-electron chi connectivity index (χ1n) is 6.92. The number of nitrogens with one attached hydrogen (secondary N) is 1. The van der Waals surface area contributed by atoms with Crippen LogP contribution in [0, 0.1) is 0 Å². The molecule has 0 aliphatic heterocycles. The molecule has 7 heteroatoms. The monoisotopic (exact) mass is 329 g/mol. The summed E-state index contributed by atoms with van der Waals surface area (Å²) < 4.78 is 24.6. The number of pyridine rings is 1. The zero-order valence-corrected chi connectivity index (χ0v) is 13.2. The predicted octanol–water partition coefficient (Wildman–Crippen LogP) is 1.67. The predicted molar refractivity (Wildman–Crippen MR) is 85.9 cm³/mol. The van der Waals surface area contributed by atoms with Gasteiger partial charge in [-0.25, -0.2) is 13.4 Å². The van der Waals surface area contributed by atoms with Crippen molar-refractivity contribution in [2.75, 3.05) is 6.26 Å². The van der Waals surface area contributed by atoms with Gasteiger partial charge < -0.3 is 9.72 Å². The Bertz CT molecular complexity index is 960. The van der Waals surface area contributed by atoms with Gasteiger partial charge in [0.2, 0.25) is 0 Å². The lowest BCUT2D eigenvalue weighted by Gasteiger charge is -2.07. The number of benzene rings is 1. The van der Waals surface area contributed by atoms with Gasteiger partial charge in [-0.1, -0.05) is 12.1 Å². The lowest BCUT2D eigenvalue weighted by molar-refractivity contribution is 0.0951. The third kappa shape index (κ3) is 3.40. The lowest BCUT2D eigenvalue weighted by Crippen LogP contribution is -2.22. The number of imidazole rings is 1. The van der Waals surface area contributed by atoms with E-state index in [1.54, 1.807) is 43.0 Å². The SMILES string of the molecule is CS(=O)(=O)c1ccc(CNC(=O)c2ccn3cncc3c2)cc1. The minimum atomic E-state index is -3.20. The average molecular weight is 329 g/mol. The minimum absolute atomic E-state index is 0.194. The molecule has 6 nitrogen and oxygen atoms in total. The second-order valence-corrected chi connectivity index (χ2v) is 7.26. The Morgan fingerprint density at radius 1 is 1.22 bits per heavy atom. The number of aromatic nitrogens is 2. The molecule has 1 N–H and O–H groups in total. The number of rotatable bonds is 4. The summed E-state index contributed by atoms with van der Waals surface area (Å²) in [6, 6.07) is 9.93. The molecule has 3 rings (SSSR count). The molecule has 0 bridgehead atoms. The molecule has 0 saturated heterocycles. The number of sulfone groups is 1. The number of amides is 1. The zero-order valence-electron chi connectivity index (χ0n) is 12.4. The van der Waals surface area contributed by atoms with Crippen molar-refractivity contribution in [1.29, 1.82) is 0 Å². The van der Waals surface area contributed by atoms with Crippen molar-refractivity contribution in [2.24, 2.45) is 0 Å². The summed E-state index contributed by atoms with van der Waals surface area (Å²) in [5.41, 5.74) is 2.22. The van der Waals surface area contributed by atoms with Crippen molar-refractivity contribution < 1.29 is 13.2 Å². The molecule has 0 aliphatic carbocycles. The van der Waals surface area contributed by atoms with Crippen LogP contribution in [0.3, 0.4) is 0 Å². The summed E-state index contributed by atoms with van der Waals surface area (Å²) >= 11 is 0. The van der Waals surface area contributed by atoms with Crippen LogP contribution in [0.25, 0.3) is 5.52 Å². The molecule has 0 unspecified atom stereocenters. The fraction of sp³-hybridized carbons (Fsp3) is 0.125. The molecule has 0 radical (unpaired) electrons. The van der Waals surface area contributed by atoms with E-state index in [9.17, 15) is 13.2 Å². The van der Waals surface area contributed by atoms with Gasteiger partial charge in [0, 0.05) is 24.6 Å². The molecule has 3 aromatic rings. The molecule has 2 aromatic heterocycles. The summed E-state index contributed by atoms with van der Waals surface area (Å²) in [4.78, 5) is 16.4. The molecule has 1 amide bonds. The van der Waals surface area contributed by atoms with Gasteiger partial charge in [-0.3, -0.25) is 4.79 Å². The van der Waals surface area contributed by atoms with Crippen LogP contribution in [0.4, 0.5) is 0 Å². The van der Waals surface area contributed by atoms with E-state index in [1.807, 2.05) is 4.40 Å². The van der Waals surface area contributed by atoms with Crippen molar-refractivity contribution >= 4 is 21.3 Å².